The van der Waals surface area contributed by atoms with Crippen LogP contribution in [0.25, 0.3) is 17.2 Å². The van der Waals surface area contributed by atoms with Gasteiger partial charge in [0.2, 0.25) is 0 Å². The van der Waals surface area contributed by atoms with E-state index in [0.29, 0.717) is 0 Å². The summed E-state index contributed by atoms with van der Waals surface area (Å²) in [6.45, 7) is 4.37. The van der Waals surface area contributed by atoms with Crippen LogP contribution < -0.4 is 0 Å². The molecule has 16 heavy (non-hydrogen) atoms. The van der Waals surface area contributed by atoms with Gasteiger partial charge in [0.05, 0.1) is 0 Å². The molecule has 1 aromatic carbocycles. The van der Waals surface area contributed by atoms with Crippen LogP contribution >= 0.6 is 0 Å². The lowest BCUT2D eigenvalue weighted by Gasteiger charge is -2.26. The summed E-state index contributed by atoms with van der Waals surface area (Å²) < 4.78 is 0. The van der Waals surface area contributed by atoms with Crippen LogP contribution in [0.1, 0.15) is 42.0 Å². The second kappa shape index (κ2) is 3.48. The van der Waals surface area contributed by atoms with Gasteiger partial charge in [0.1, 0.15) is 0 Å². The first-order chi connectivity index (χ1) is 7.81. The smallest absolute Gasteiger partial charge is 0.00739 e. The van der Waals surface area contributed by atoms with E-state index < -0.39 is 0 Å². The first-order valence-corrected chi connectivity index (χ1v) is 5.96. The maximum absolute atomic E-state index is 2.39. The van der Waals surface area contributed by atoms with Crippen LogP contribution in [-0.2, 0) is 0 Å². The predicted molar refractivity (Wildman–Crippen MR) is 71.1 cm³/mol. The number of hydrogen-bond donors (Lipinski definition) is 0. The normalized spacial score (nSPS) is 19.6. The van der Waals surface area contributed by atoms with Crippen molar-refractivity contribution < 1.29 is 0 Å². The Kier molecular flexibility index (Phi) is 2.10. The molecule has 0 saturated heterocycles. The molecule has 0 atom stereocenters. The summed E-state index contributed by atoms with van der Waals surface area (Å²) in [5.41, 5.74) is 8.77. The molecule has 0 fully saturated rings. The van der Waals surface area contributed by atoms with Crippen LogP contribution in [0.3, 0.4) is 0 Å². The summed E-state index contributed by atoms with van der Waals surface area (Å²) in [5.74, 6) is 0. The van der Waals surface area contributed by atoms with Crippen molar-refractivity contribution in [2.75, 3.05) is 0 Å². The first kappa shape index (κ1) is 9.65. The number of benzene rings is 1. The van der Waals surface area contributed by atoms with E-state index in [4.69, 9.17) is 0 Å². The van der Waals surface area contributed by atoms with Crippen molar-refractivity contribution in [3.05, 3.63) is 52.6 Å². The fourth-order valence-corrected chi connectivity index (χ4v) is 2.82. The highest BCUT2D eigenvalue weighted by Crippen LogP contribution is 2.41. The van der Waals surface area contributed by atoms with Gasteiger partial charge in [0.25, 0.3) is 0 Å². The van der Waals surface area contributed by atoms with Crippen molar-refractivity contribution >= 4 is 17.2 Å². The minimum absolute atomic E-state index is 1.09. The summed E-state index contributed by atoms with van der Waals surface area (Å²) >= 11 is 0. The van der Waals surface area contributed by atoms with Crippen LogP contribution in [0.5, 0.6) is 0 Å². The molecule has 0 heterocycles. The first-order valence-electron chi connectivity index (χ1n) is 5.96. The van der Waals surface area contributed by atoms with Crippen molar-refractivity contribution in [2.24, 2.45) is 0 Å². The highest BCUT2D eigenvalue weighted by atomic mass is 14.2. The lowest BCUT2D eigenvalue weighted by atomic mass is 9.78. The van der Waals surface area contributed by atoms with E-state index in [0.717, 1.165) is 12.8 Å². The molecule has 3 rings (SSSR count). The molecular formula is C16H16. The number of allylic oxidation sites excluding steroid dienone is 5. The molecule has 0 N–H and O–H groups in total. The molecule has 0 amide bonds. The largest absolute Gasteiger partial charge is 0.0835 e. The molecule has 0 spiro atoms. The van der Waals surface area contributed by atoms with Gasteiger partial charge in [0, 0.05) is 0 Å². The van der Waals surface area contributed by atoms with Gasteiger partial charge in [0.15, 0.2) is 0 Å². The quantitative estimate of drug-likeness (QED) is 0.584. The van der Waals surface area contributed by atoms with Crippen molar-refractivity contribution in [3.63, 3.8) is 0 Å². The Morgan fingerprint density at radius 3 is 2.81 bits per heavy atom. The summed E-state index contributed by atoms with van der Waals surface area (Å²) in [6, 6.07) is 4.49. The van der Waals surface area contributed by atoms with Gasteiger partial charge in [-0.1, -0.05) is 36.4 Å². The Morgan fingerprint density at radius 1 is 1.12 bits per heavy atom. The molecule has 0 aromatic heterocycles. The van der Waals surface area contributed by atoms with E-state index in [-0.39, 0.29) is 0 Å². The van der Waals surface area contributed by atoms with Crippen molar-refractivity contribution in [1.82, 2.24) is 0 Å². The number of hydrogen-bond acceptors (Lipinski definition) is 0. The highest BCUT2D eigenvalue weighted by molar-refractivity contribution is 5.92. The van der Waals surface area contributed by atoms with Gasteiger partial charge >= 0.3 is 0 Å². The minimum Gasteiger partial charge on any atom is -0.0835 e. The summed E-state index contributed by atoms with van der Waals surface area (Å²) in [4.78, 5) is 0. The lowest BCUT2D eigenvalue weighted by molar-refractivity contribution is 1.22. The van der Waals surface area contributed by atoms with Crippen molar-refractivity contribution in [3.8, 4) is 0 Å². The summed E-state index contributed by atoms with van der Waals surface area (Å²) in [7, 11) is 0. The third-order valence-electron chi connectivity index (χ3n) is 3.64. The predicted octanol–water partition coefficient (Wildman–Crippen LogP) is 4.60. The van der Waals surface area contributed by atoms with Crippen molar-refractivity contribution in [2.45, 2.75) is 26.7 Å². The Hall–Kier alpha value is -1.56. The zero-order valence-corrected chi connectivity index (χ0v) is 9.88. The maximum Gasteiger partial charge on any atom is -0.00739 e. The van der Waals surface area contributed by atoms with E-state index in [1.54, 1.807) is 0 Å². The molecule has 0 nitrogen and oxygen atoms in total. The molecular weight excluding hydrogens is 192 g/mol. The zero-order valence-electron chi connectivity index (χ0n) is 9.88. The van der Waals surface area contributed by atoms with E-state index in [1.165, 1.54) is 33.4 Å². The van der Waals surface area contributed by atoms with Crippen LogP contribution in [-0.4, -0.2) is 0 Å². The monoisotopic (exact) mass is 208 g/mol. The third-order valence-corrected chi connectivity index (χ3v) is 3.64. The number of rotatable bonds is 0. The molecule has 2 aliphatic carbocycles. The second-order valence-corrected chi connectivity index (χ2v) is 4.58. The average molecular weight is 208 g/mol. The molecule has 0 bridgehead atoms. The summed E-state index contributed by atoms with van der Waals surface area (Å²) in [5, 5.41) is 0. The van der Waals surface area contributed by atoms with Crippen LogP contribution in [0.4, 0.5) is 0 Å². The SMILES string of the molecule is C/C=C1/CC=C2CC=Cc3ccc(C)c1c32. The number of aryl methyl sites for hydroxylation is 1. The lowest BCUT2D eigenvalue weighted by Crippen LogP contribution is -2.06. The fraction of sp³-hybridized carbons (Fsp3) is 0.250. The topological polar surface area (TPSA) is 0 Å². The van der Waals surface area contributed by atoms with Crippen LogP contribution in [0.2, 0.25) is 0 Å². The molecule has 0 heteroatoms. The second-order valence-electron chi connectivity index (χ2n) is 4.58. The molecule has 0 radical (unpaired) electrons. The average Bonchev–Trinajstić information content (AvgIpc) is 2.33. The molecule has 80 valence electrons. The molecule has 0 unspecified atom stereocenters. The van der Waals surface area contributed by atoms with Gasteiger partial charge in [-0.05, 0) is 60.1 Å². The standard InChI is InChI=1S/C16H16/c1-3-12-9-10-14-6-4-5-13-8-7-11(2)15(12)16(13)14/h3-5,7-8,10H,6,9H2,1-2H3/b12-3-. The third kappa shape index (κ3) is 1.23. The maximum atomic E-state index is 2.39. The Labute approximate surface area is 97.0 Å². The fourth-order valence-electron chi connectivity index (χ4n) is 2.82. The molecule has 2 aliphatic rings. The Balaban J connectivity index is 2.39. The van der Waals surface area contributed by atoms with Crippen LogP contribution in [0, 0.1) is 6.92 Å². The van der Waals surface area contributed by atoms with Crippen molar-refractivity contribution in [1.29, 1.82) is 0 Å². The van der Waals surface area contributed by atoms with Gasteiger partial charge in [-0.2, -0.15) is 0 Å². The molecule has 1 aromatic rings. The van der Waals surface area contributed by atoms with Gasteiger partial charge in [-0.25, -0.2) is 0 Å². The van der Waals surface area contributed by atoms with Gasteiger partial charge < -0.3 is 0 Å². The van der Waals surface area contributed by atoms with E-state index in [1.807, 2.05) is 0 Å². The van der Waals surface area contributed by atoms with E-state index >= 15 is 0 Å². The highest BCUT2D eigenvalue weighted by Gasteiger charge is 2.21. The molecule has 0 saturated carbocycles. The Morgan fingerprint density at radius 2 is 2.00 bits per heavy atom. The molecule has 0 aliphatic heterocycles. The van der Waals surface area contributed by atoms with Gasteiger partial charge in [-0.15, -0.1) is 0 Å². The Bertz CT molecular complexity index is 539. The zero-order chi connectivity index (χ0) is 11.1. The van der Waals surface area contributed by atoms with Gasteiger partial charge in [-0.3, -0.25) is 0 Å². The van der Waals surface area contributed by atoms with Crippen LogP contribution in [0.15, 0.2) is 30.4 Å². The van der Waals surface area contributed by atoms with E-state index in [9.17, 15) is 0 Å². The summed E-state index contributed by atoms with van der Waals surface area (Å²) in [6.07, 6.45) is 11.4. The van der Waals surface area contributed by atoms with E-state index in [2.05, 4.69) is 50.3 Å². The minimum atomic E-state index is 1.09.